The van der Waals surface area contributed by atoms with Gasteiger partial charge in [-0.25, -0.2) is 0 Å². The third kappa shape index (κ3) is 1.92. The maximum atomic E-state index is 9.86. The van der Waals surface area contributed by atoms with Gasteiger partial charge in [-0.1, -0.05) is 0 Å². The quantitative estimate of drug-likeness (QED) is 0.559. The first-order valence-electron chi connectivity index (χ1n) is 1.89. The van der Waals surface area contributed by atoms with E-state index in [1.807, 2.05) is 0 Å². The van der Waals surface area contributed by atoms with Crippen molar-refractivity contribution >= 4 is 0 Å². The Morgan fingerprint density at radius 3 is 1.00 bits per heavy atom. The fraction of sp³-hybridized carbons (Fsp3) is 0. The van der Waals surface area contributed by atoms with Gasteiger partial charge in [0.05, 0.1) is 0 Å². The molecule has 0 radical (unpaired) electrons. The van der Waals surface area contributed by atoms with Gasteiger partial charge >= 0.3 is 67.3 Å². The summed E-state index contributed by atoms with van der Waals surface area (Å²) in [5, 5.41) is 0. The Morgan fingerprint density at radius 2 is 1.00 bits per heavy atom. The topological polar surface area (TPSA) is 86.7 Å². The van der Waals surface area contributed by atoms with Crippen LogP contribution in [-0.2, 0) is -1.46 Å². The summed E-state index contributed by atoms with van der Waals surface area (Å²) >= 11 is -10.8. The summed E-state index contributed by atoms with van der Waals surface area (Å²) < 4.78 is 46.5. The molecule has 0 saturated carbocycles. The Kier molecular flexibility index (Phi) is 2.16. The first-order chi connectivity index (χ1) is 3.41. The van der Waals surface area contributed by atoms with Gasteiger partial charge in [0.15, 0.2) is 0 Å². The second kappa shape index (κ2) is 2.17. The van der Waals surface area contributed by atoms with Crippen molar-refractivity contribution in [3.05, 3.63) is 0 Å². The number of hydrogen-bond donors (Lipinski definition) is 0. The average molecular weight is 378 g/mol. The molecule has 0 atom stereocenters. The summed E-state index contributed by atoms with van der Waals surface area (Å²) in [6.07, 6.45) is 0. The molecule has 0 amide bonds. The third-order valence-electron chi connectivity index (χ3n) is 0.667. The first kappa shape index (κ1) is 7.95. The molecule has 0 aromatic rings. The van der Waals surface area contributed by atoms with E-state index in [1.54, 1.807) is 0 Å². The Labute approximate surface area is 65.1 Å². The van der Waals surface area contributed by atoms with Crippen molar-refractivity contribution in [3.63, 3.8) is 0 Å². The summed E-state index contributed by atoms with van der Waals surface area (Å²) in [4.78, 5) is 0. The van der Waals surface area contributed by atoms with Gasteiger partial charge in [-0.05, 0) is 0 Å². The van der Waals surface area contributed by atoms with Crippen molar-refractivity contribution in [2.75, 3.05) is 0 Å². The fourth-order valence-electron chi connectivity index (χ4n) is 0.418. The molecule has 42 valence electrons. The van der Waals surface area contributed by atoms with E-state index in [4.69, 9.17) is 0 Å². The van der Waals surface area contributed by atoms with Crippen LogP contribution in [0.3, 0.4) is 0 Å². The van der Waals surface area contributed by atoms with Crippen LogP contribution >= 0.6 is 0 Å². The molecule has 0 aliphatic carbocycles. The van der Waals surface area contributed by atoms with Gasteiger partial charge in [0.25, 0.3) is 0 Å². The normalized spacial score (nSPS) is 23.0. The predicted molar refractivity (Wildman–Crippen MR) is 4.92 cm³/mol. The molecule has 8 heteroatoms. The minimum absolute atomic E-state index is 3.53. The average Bonchev–Trinajstić information content (AvgIpc) is 1.20. The second-order valence-electron chi connectivity index (χ2n) is 1.43. The molecule has 8 heavy (non-hydrogen) atoms. The molecule has 1 saturated heterocycles. The molecular weight excluding hydrogens is 378 g/mol. The standard InChI is InChI=1S/6O.2Pr. The van der Waals surface area contributed by atoms with Crippen LogP contribution in [-0.4, -0.2) is 0 Å². The number of hydrogen-bond acceptors (Lipinski definition) is 6. The molecule has 0 spiro atoms. The zero-order valence-corrected chi connectivity index (χ0v) is 11.0. The van der Waals surface area contributed by atoms with Crippen molar-refractivity contribution in [2.45, 2.75) is 0 Å². The Balaban J connectivity index is 3.00. The SMILES string of the molecule is [O]=[Pr]1(=[O])[O][Pr](=[O])(=[O])[O]1. The molecule has 1 heterocycles. The molecule has 0 aromatic carbocycles. The van der Waals surface area contributed by atoms with Crippen LogP contribution in [0.2, 0.25) is 0 Å². The van der Waals surface area contributed by atoms with Crippen LogP contribution in [0.25, 0.3) is 0 Å². The Bertz CT molecular complexity index is 226. The summed E-state index contributed by atoms with van der Waals surface area (Å²) in [6.45, 7) is 0. The van der Waals surface area contributed by atoms with Crippen LogP contribution in [0.4, 0.5) is 0 Å². The molecule has 0 aromatic heterocycles. The molecule has 6 nitrogen and oxygen atoms in total. The van der Waals surface area contributed by atoms with Gasteiger partial charge in [-0.3, -0.25) is 0 Å². The van der Waals surface area contributed by atoms with E-state index in [0.717, 1.165) is 0 Å². The van der Waals surface area contributed by atoms with Crippen LogP contribution in [0.1, 0.15) is 0 Å². The van der Waals surface area contributed by atoms with Crippen LogP contribution in [0.5, 0.6) is 0 Å². The molecule has 1 fully saturated rings. The summed E-state index contributed by atoms with van der Waals surface area (Å²) in [5.41, 5.74) is 0. The van der Waals surface area contributed by atoms with Crippen LogP contribution in [0, 0.1) is 68.8 Å². The molecule has 0 unspecified atom stereocenters. The Hall–Kier alpha value is 1.85. The summed E-state index contributed by atoms with van der Waals surface area (Å²) in [6, 6.07) is 0. The third-order valence-corrected chi connectivity index (χ3v) is 36.7. The zero-order chi connectivity index (χ0) is 6.41. The Morgan fingerprint density at radius 1 is 0.750 bits per heavy atom. The van der Waals surface area contributed by atoms with Crippen molar-refractivity contribution in [3.8, 4) is 0 Å². The molecule has 0 bridgehead atoms. The van der Waals surface area contributed by atoms with Crippen molar-refractivity contribution in [1.82, 2.24) is 0 Å². The zero-order valence-electron chi connectivity index (χ0n) is 3.60. The number of rotatable bonds is 0. The molecule has 1 aliphatic rings. The predicted octanol–water partition coefficient (Wildman–Crippen LogP) is -0.612. The monoisotopic (exact) mass is 378 g/mol. The van der Waals surface area contributed by atoms with Gasteiger partial charge in [-0.2, -0.15) is 0 Å². The van der Waals surface area contributed by atoms with E-state index in [2.05, 4.69) is -5.44 Å². The van der Waals surface area contributed by atoms with Gasteiger partial charge in [0.1, 0.15) is 0 Å². The maximum absolute atomic E-state index is 9.86. The van der Waals surface area contributed by atoms with Gasteiger partial charge in [0.2, 0.25) is 0 Å². The van der Waals surface area contributed by atoms with Gasteiger partial charge in [0, 0.05) is 0 Å². The van der Waals surface area contributed by atoms with E-state index < -0.39 is 68.8 Å². The van der Waals surface area contributed by atoms with E-state index >= 15 is 0 Å². The van der Waals surface area contributed by atoms with Crippen molar-refractivity contribution in [2.24, 2.45) is 0 Å². The first-order valence-corrected chi connectivity index (χ1v) is 14.0. The fourth-order valence-corrected chi connectivity index (χ4v) is 23.0. The summed E-state index contributed by atoms with van der Waals surface area (Å²) in [5.74, 6) is 0. The molecular formula is O6Pr2. The molecule has 1 rings (SSSR count). The van der Waals surface area contributed by atoms with Crippen molar-refractivity contribution in [1.29, 1.82) is 0 Å². The summed E-state index contributed by atoms with van der Waals surface area (Å²) in [7, 11) is 0. The molecule has 1 aliphatic heterocycles. The minimum atomic E-state index is -5.42. The van der Waals surface area contributed by atoms with E-state index in [9.17, 15) is 3.98 Å². The van der Waals surface area contributed by atoms with E-state index in [0.29, 0.717) is 0 Å². The van der Waals surface area contributed by atoms with E-state index in [-0.39, 0.29) is 0 Å². The van der Waals surface area contributed by atoms with Gasteiger partial charge < -0.3 is 0 Å². The van der Waals surface area contributed by atoms with Crippen molar-refractivity contribution < 1.29 is 67.3 Å². The van der Waals surface area contributed by atoms with E-state index in [1.165, 1.54) is 0 Å². The second-order valence-corrected chi connectivity index (χ2v) is 23.5. The molecule has 0 N–H and O–H groups in total. The van der Waals surface area contributed by atoms with Gasteiger partial charge in [-0.15, -0.1) is 0 Å². The van der Waals surface area contributed by atoms with Crippen LogP contribution < -0.4 is 0 Å². The van der Waals surface area contributed by atoms with Crippen LogP contribution in [0.15, 0.2) is 0 Å².